The van der Waals surface area contributed by atoms with Crippen LogP contribution >= 0.6 is 0 Å². The second kappa shape index (κ2) is 4.73. The van der Waals surface area contributed by atoms with E-state index in [0.29, 0.717) is 0 Å². The highest BCUT2D eigenvalue weighted by molar-refractivity contribution is 5.89. The summed E-state index contributed by atoms with van der Waals surface area (Å²) in [6, 6.07) is 20.4. The number of aldehydes is 1. The monoisotopic (exact) mass is 249 g/mol. The van der Waals surface area contributed by atoms with E-state index in [1.54, 1.807) is 0 Å². The third-order valence-electron chi connectivity index (χ3n) is 3.57. The third kappa shape index (κ3) is 1.95. The number of hydrogen-bond donors (Lipinski definition) is 0. The van der Waals surface area contributed by atoms with Crippen molar-refractivity contribution in [2.45, 2.75) is 13.0 Å². The Morgan fingerprint density at radius 1 is 1.00 bits per heavy atom. The van der Waals surface area contributed by atoms with Crippen LogP contribution in [0.2, 0.25) is 0 Å². The molecule has 19 heavy (non-hydrogen) atoms. The molecule has 0 saturated carbocycles. The zero-order valence-corrected chi connectivity index (χ0v) is 10.8. The lowest BCUT2D eigenvalue weighted by Crippen LogP contribution is -2.09. The highest BCUT2D eigenvalue weighted by Gasteiger charge is 2.14. The molecule has 0 fully saturated rings. The first-order valence-corrected chi connectivity index (χ1v) is 6.41. The van der Waals surface area contributed by atoms with Crippen LogP contribution in [0.3, 0.4) is 0 Å². The number of para-hydroxylation sites is 1. The van der Waals surface area contributed by atoms with Crippen LogP contribution < -0.4 is 0 Å². The van der Waals surface area contributed by atoms with Crippen LogP contribution in [0.5, 0.6) is 0 Å². The first-order valence-electron chi connectivity index (χ1n) is 6.41. The van der Waals surface area contributed by atoms with Gasteiger partial charge in [0.15, 0.2) is 6.29 Å². The summed E-state index contributed by atoms with van der Waals surface area (Å²) < 4.78 is 2.09. The maximum Gasteiger partial charge on any atom is 0.166 e. The summed E-state index contributed by atoms with van der Waals surface area (Å²) in [5.74, 6) is 0. The molecule has 0 saturated heterocycles. The molecule has 0 amide bonds. The summed E-state index contributed by atoms with van der Waals surface area (Å²) in [5.41, 5.74) is 3.02. The third-order valence-corrected chi connectivity index (χ3v) is 3.57. The summed E-state index contributed by atoms with van der Waals surface area (Å²) in [6.45, 7) is 2.12. The predicted molar refractivity (Wildman–Crippen MR) is 77.6 cm³/mol. The van der Waals surface area contributed by atoms with Gasteiger partial charge in [-0.1, -0.05) is 48.5 Å². The Hall–Kier alpha value is -2.35. The van der Waals surface area contributed by atoms with Crippen molar-refractivity contribution in [3.05, 3.63) is 71.9 Å². The lowest BCUT2D eigenvalue weighted by Gasteiger charge is -2.17. The van der Waals surface area contributed by atoms with Gasteiger partial charge in [-0.15, -0.1) is 0 Å². The zero-order valence-electron chi connectivity index (χ0n) is 10.8. The number of benzene rings is 2. The van der Waals surface area contributed by atoms with Crippen molar-refractivity contribution in [3.63, 3.8) is 0 Å². The van der Waals surface area contributed by atoms with Crippen molar-refractivity contribution < 1.29 is 4.79 Å². The van der Waals surface area contributed by atoms with E-state index < -0.39 is 0 Å². The van der Waals surface area contributed by atoms with E-state index in [4.69, 9.17) is 0 Å². The second-order valence-corrected chi connectivity index (χ2v) is 4.70. The molecule has 1 unspecified atom stereocenters. The SMILES string of the molecule is CC(c1ccccc1)n1c(C=O)cc2ccccc21. The first kappa shape index (κ1) is 11.7. The highest BCUT2D eigenvalue weighted by Crippen LogP contribution is 2.27. The van der Waals surface area contributed by atoms with E-state index in [-0.39, 0.29) is 6.04 Å². The number of carbonyl (C=O) groups excluding carboxylic acids is 1. The van der Waals surface area contributed by atoms with Gasteiger partial charge in [0.25, 0.3) is 0 Å². The summed E-state index contributed by atoms with van der Waals surface area (Å²) >= 11 is 0. The van der Waals surface area contributed by atoms with Crippen molar-refractivity contribution in [1.82, 2.24) is 4.57 Å². The fourth-order valence-corrected chi connectivity index (χ4v) is 2.60. The second-order valence-electron chi connectivity index (χ2n) is 4.70. The molecule has 3 rings (SSSR count). The quantitative estimate of drug-likeness (QED) is 0.641. The summed E-state index contributed by atoms with van der Waals surface area (Å²) in [7, 11) is 0. The number of carbonyl (C=O) groups is 1. The van der Waals surface area contributed by atoms with Crippen LogP contribution in [-0.2, 0) is 0 Å². The first-order chi connectivity index (χ1) is 9.31. The molecular formula is C17H15NO. The minimum atomic E-state index is 0.140. The molecule has 0 radical (unpaired) electrons. The van der Waals surface area contributed by atoms with Crippen molar-refractivity contribution in [3.8, 4) is 0 Å². The van der Waals surface area contributed by atoms with Gasteiger partial charge in [0, 0.05) is 10.9 Å². The molecule has 3 aromatic rings. The van der Waals surface area contributed by atoms with E-state index in [1.807, 2.05) is 42.5 Å². The van der Waals surface area contributed by atoms with Gasteiger partial charge in [-0.25, -0.2) is 0 Å². The molecule has 2 nitrogen and oxygen atoms in total. The summed E-state index contributed by atoms with van der Waals surface area (Å²) in [5, 5.41) is 1.10. The van der Waals surface area contributed by atoms with Crippen molar-refractivity contribution in [1.29, 1.82) is 0 Å². The van der Waals surface area contributed by atoms with Gasteiger partial charge in [-0.2, -0.15) is 0 Å². The molecule has 0 spiro atoms. The summed E-state index contributed by atoms with van der Waals surface area (Å²) in [6.07, 6.45) is 0.930. The number of fused-ring (bicyclic) bond motifs is 1. The van der Waals surface area contributed by atoms with Gasteiger partial charge >= 0.3 is 0 Å². The van der Waals surface area contributed by atoms with Crippen LogP contribution in [0.1, 0.15) is 29.0 Å². The molecule has 1 atom stereocenters. The fourth-order valence-electron chi connectivity index (χ4n) is 2.60. The van der Waals surface area contributed by atoms with Gasteiger partial charge < -0.3 is 4.57 Å². The number of hydrogen-bond acceptors (Lipinski definition) is 1. The topological polar surface area (TPSA) is 22.0 Å². The Kier molecular flexibility index (Phi) is 2.92. The lowest BCUT2D eigenvalue weighted by atomic mass is 10.1. The molecule has 0 aliphatic rings. The minimum Gasteiger partial charge on any atom is -0.331 e. The standard InChI is InChI=1S/C17H15NO/c1-13(14-7-3-2-4-8-14)18-16(12-19)11-15-9-5-6-10-17(15)18/h2-13H,1H3. The number of rotatable bonds is 3. The van der Waals surface area contributed by atoms with Crippen LogP contribution in [0.25, 0.3) is 10.9 Å². The van der Waals surface area contributed by atoms with Gasteiger partial charge in [0.2, 0.25) is 0 Å². The molecule has 2 aromatic carbocycles. The van der Waals surface area contributed by atoms with Gasteiger partial charge in [-0.05, 0) is 24.6 Å². The Bertz CT molecular complexity index is 712. The van der Waals surface area contributed by atoms with E-state index in [0.717, 1.165) is 22.9 Å². The normalized spacial score (nSPS) is 12.5. The lowest BCUT2D eigenvalue weighted by molar-refractivity contribution is 0.111. The highest BCUT2D eigenvalue weighted by atomic mass is 16.1. The Morgan fingerprint density at radius 3 is 2.42 bits per heavy atom. The molecule has 1 aromatic heterocycles. The smallest absolute Gasteiger partial charge is 0.166 e. The minimum absolute atomic E-state index is 0.140. The largest absolute Gasteiger partial charge is 0.331 e. The van der Waals surface area contributed by atoms with E-state index in [2.05, 4.69) is 29.7 Å². The maximum atomic E-state index is 11.3. The van der Waals surface area contributed by atoms with Crippen molar-refractivity contribution in [2.75, 3.05) is 0 Å². The van der Waals surface area contributed by atoms with Crippen LogP contribution in [0.15, 0.2) is 60.7 Å². The average molecular weight is 249 g/mol. The predicted octanol–water partition coefficient (Wildman–Crippen LogP) is 4.06. The van der Waals surface area contributed by atoms with Gasteiger partial charge in [0.1, 0.15) is 0 Å². The maximum absolute atomic E-state index is 11.3. The van der Waals surface area contributed by atoms with Gasteiger partial charge in [0.05, 0.1) is 11.7 Å². The Morgan fingerprint density at radius 2 is 1.68 bits per heavy atom. The van der Waals surface area contributed by atoms with Crippen molar-refractivity contribution in [2.24, 2.45) is 0 Å². The van der Waals surface area contributed by atoms with E-state index in [9.17, 15) is 4.79 Å². The molecule has 2 heteroatoms. The molecular weight excluding hydrogens is 234 g/mol. The van der Waals surface area contributed by atoms with Crippen LogP contribution in [0, 0.1) is 0 Å². The Balaban J connectivity index is 2.21. The molecule has 0 N–H and O–H groups in total. The summed E-state index contributed by atoms with van der Waals surface area (Å²) in [4.78, 5) is 11.3. The molecule has 0 bridgehead atoms. The molecule has 0 aliphatic heterocycles. The molecule has 94 valence electrons. The number of nitrogens with zero attached hydrogens (tertiary/aromatic N) is 1. The Labute approximate surface area is 112 Å². The van der Waals surface area contributed by atoms with E-state index in [1.165, 1.54) is 5.56 Å². The molecule has 0 aliphatic carbocycles. The average Bonchev–Trinajstić information content (AvgIpc) is 2.86. The van der Waals surface area contributed by atoms with Crippen LogP contribution in [-0.4, -0.2) is 10.9 Å². The molecule has 1 heterocycles. The zero-order chi connectivity index (χ0) is 13.2. The number of aromatic nitrogens is 1. The van der Waals surface area contributed by atoms with Crippen molar-refractivity contribution >= 4 is 17.2 Å². The van der Waals surface area contributed by atoms with E-state index >= 15 is 0 Å². The van der Waals surface area contributed by atoms with Gasteiger partial charge in [-0.3, -0.25) is 4.79 Å². The van der Waals surface area contributed by atoms with Crippen LogP contribution in [0.4, 0.5) is 0 Å². The fraction of sp³-hybridized carbons (Fsp3) is 0.118.